The highest BCUT2D eigenvalue weighted by Crippen LogP contribution is 2.34. The molecule has 1 aliphatic rings. The van der Waals surface area contributed by atoms with Crippen molar-refractivity contribution in [3.8, 4) is 5.75 Å². The molecule has 0 bridgehead atoms. The smallest absolute Gasteiger partial charge is 0.311 e. The Balaban J connectivity index is 1.71. The van der Waals surface area contributed by atoms with Crippen LogP contribution in [0, 0.1) is 6.92 Å². The Kier molecular flexibility index (Phi) is 5.33. The second-order valence-corrected chi connectivity index (χ2v) is 6.46. The summed E-state index contributed by atoms with van der Waals surface area (Å²) in [6.07, 6.45) is 0. The Morgan fingerprint density at radius 1 is 1.04 bits per heavy atom. The molecular weight excluding hydrogens is 383 g/mol. The first-order chi connectivity index (χ1) is 12.4. The van der Waals surface area contributed by atoms with Crippen LogP contribution in [0.15, 0.2) is 16.5 Å². The molecule has 2 heterocycles. The van der Waals surface area contributed by atoms with E-state index in [0.29, 0.717) is 37.1 Å². The maximum absolute atomic E-state index is 12.9. The lowest BCUT2D eigenvalue weighted by Gasteiger charge is -2.34. The Morgan fingerprint density at radius 3 is 2.15 bits per heavy atom. The lowest BCUT2D eigenvalue weighted by Crippen LogP contribution is -2.50. The average Bonchev–Trinajstić information content (AvgIpc) is 3.08. The summed E-state index contributed by atoms with van der Waals surface area (Å²) in [5.74, 6) is -0.137. The fourth-order valence-corrected chi connectivity index (χ4v) is 3.19. The molecule has 138 valence electrons. The van der Waals surface area contributed by atoms with Gasteiger partial charge in [0.1, 0.15) is 5.56 Å². The third-order valence-electron chi connectivity index (χ3n) is 4.04. The number of carbonyl (C=O) groups is 2. The van der Waals surface area contributed by atoms with Gasteiger partial charge in [0.05, 0.1) is 17.2 Å². The van der Waals surface area contributed by atoms with E-state index in [1.165, 1.54) is 7.11 Å². The third kappa shape index (κ3) is 3.47. The predicted molar refractivity (Wildman–Crippen MR) is 93.9 cm³/mol. The Hall–Kier alpha value is -2.32. The number of ether oxygens (including phenoxy) is 1. The van der Waals surface area contributed by atoms with Crippen molar-refractivity contribution >= 4 is 35.0 Å². The van der Waals surface area contributed by atoms with E-state index in [9.17, 15) is 9.59 Å². The zero-order chi connectivity index (χ0) is 18.8. The molecule has 3 rings (SSSR count). The highest BCUT2D eigenvalue weighted by molar-refractivity contribution is 6.37. The first-order valence-corrected chi connectivity index (χ1v) is 8.58. The molecule has 0 unspecified atom stereocenters. The van der Waals surface area contributed by atoms with Gasteiger partial charge in [-0.25, -0.2) is 0 Å². The molecule has 0 aliphatic carbocycles. The van der Waals surface area contributed by atoms with Crippen LogP contribution in [0.2, 0.25) is 10.0 Å². The van der Waals surface area contributed by atoms with E-state index in [2.05, 4.69) is 10.2 Å². The summed E-state index contributed by atoms with van der Waals surface area (Å²) in [4.78, 5) is 28.4. The second kappa shape index (κ2) is 7.51. The number of aromatic nitrogens is 2. The van der Waals surface area contributed by atoms with Gasteiger partial charge >= 0.3 is 11.8 Å². The van der Waals surface area contributed by atoms with E-state index < -0.39 is 0 Å². The molecule has 0 radical (unpaired) electrons. The molecule has 2 amide bonds. The lowest BCUT2D eigenvalue weighted by atomic mass is 10.1. The molecule has 0 N–H and O–H groups in total. The molecule has 0 spiro atoms. The minimum absolute atomic E-state index is 0.0539. The molecule has 26 heavy (non-hydrogen) atoms. The summed E-state index contributed by atoms with van der Waals surface area (Å²) in [7, 11) is 1.43. The number of hydrogen-bond donors (Lipinski definition) is 0. The lowest BCUT2D eigenvalue weighted by molar-refractivity contribution is 0.0511. The van der Waals surface area contributed by atoms with Crippen molar-refractivity contribution in [3.05, 3.63) is 39.5 Å². The Morgan fingerprint density at radius 2 is 1.62 bits per heavy atom. The number of nitrogens with zero attached hydrogens (tertiary/aromatic N) is 4. The van der Waals surface area contributed by atoms with E-state index in [0.717, 1.165) is 0 Å². The van der Waals surface area contributed by atoms with Crippen LogP contribution in [0.1, 0.15) is 26.9 Å². The van der Waals surface area contributed by atoms with E-state index >= 15 is 0 Å². The zero-order valence-corrected chi connectivity index (χ0v) is 15.7. The van der Waals surface area contributed by atoms with E-state index in [1.54, 1.807) is 28.9 Å². The van der Waals surface area contributed by atoms with Crippen LogP contribution in [0.5, 0.6) is 5.75 Å². The maximum Gasteiger partial charge on any atom is 0.311 e. The van der Waals surface area contributed by atoms with Crippen LogP contribution in [-0.4, -0.2) is 65.1 Å². The minimum Gasteiger partial charge on any atom is -0.494 e. The van der Waals surface area contributed by atoms with Crippen molar-refractivity contribution < 1.29 is 18.7 Å². The SMILES string of the molecule is COc1c(Cl)ccc(Cl)c1C(=O)N1CCN(C(=O)c2nnc(C)o2)CC1. The molecular formula is C16H16Cl2N4O4. The van der Waals surface area contributed by atoms with Crippen LogP contribution >= 0.6 is 23.2 Å². The van der Waals surface area contributed by atoms with Gasteiger partial charge in [-0.15, -0.1) is 10.2 Å². The second-order valence-electron chi connectivity index (χ2n) is 5.65. The van der Waals surface area contributed by atoms with Gasteiger partial charge in [0, 0.05) is 33.1 Å². The van der Waals surface area contributed by atoms with E-state index in [-0.39, 0.29) is 34.0 Å². The van der Waals surface area contributed by atoms with Crippen molar-refractivity contribution in [1.29, 1.82) is 0 Å². The van der Waals surface area contributed by atoms with Crippen LogP contribution in [0.3, 0.4) is 0 Å². The summed E-state index contributed by atoms with van der Waals surface area (Å²) < 4.78 is 10.4. The van der Waals surface area contributed by atoms with Gasteiger partial charge in [-0.2, -0.15) is 0 Å². The van der Waals surface area contributed by atoms with Crippen LogP contribution < -0.4 is 4.74 Å². The fraction of sp³-hybridized carbons (Fsp3) is 0.375. The number of halogens is 2. The third-order valence-corrected chi connectivity index (χ3v) is 4.65. The summed E-state index contributed by atoms with van der Waals surface area (Å²) in [5.41, 5.74) is 0.217. The molecule has 1 fully saturated rings. The number of carbonyl (C=O) groups excluding carboxylic acids is 2. The number of benzene rings is 1. The van der Waals surface area contributed by atoms with Crippen molar-refractivity contribution in [3.63, 3.8) is 0 Å². The number of piperazine rings is 1. The van der Waals surface area contributed by atoms with Crippen molar-refractivity contribution in [2.24, 2.45) is 0 Å². The first kappa shape index (κ1) is 18.5. The molecule has 10 heteroatoms. The highest BCUT2D eigenvalue weighted by atomic mass is 35.5. The molecule has 1 aliphatic heterocycles. The van der Waals surface area contributed by atoms with Gasteiger partial charge in [0.25, 0.3) is 5.91 Å². The van der Waals surface area contributed by atoms with Gasteiger partial charge in [-0.3, -0.25) is 9.59 Å². The van der Waals surface area contributed by atoms with Crippen LogP contribution in [-0.2, 0) is 0 Å². The first-order valence-electron chi connectivity index (χ1n) is 7.83. The van der Waals surface area contributed by atoms with E-state index in [1.807, 2.05) is 0 Å². The summed E-state index contributed by atoms with van der Waals surface area (Å²) in [6.45, 7) is 2.97. The average molecular weight is 399 g/mol. The van der Waals surface area contributed by atoms with Crippen molar-refractivity contribution in [2.45, 2.75) is 6.92 Å². The monoisotopic (exact) mass is 398 g/mol. The largest absolute Gasteiger partial charge is 0.494 e. The summed E-state index contributed by atoms with van der Waals surface area (Å²) >= 11 is 12.3. The molecule has 0 saturated carbocycles. The number of amides is 2. The number of hydrogen-bond acceptors (Lipinski definition) is 6. The molecule has 1 aromatic heterocycles. The predicted octanol–water partition coefficient (Wildman–Crippen LogP) is 2.29. The maximum atomic E-state index is 12.9. The number of rotatable bonds is 3. The van der Waals surface area contributed by atoms with Crippen molar-refractivity contribution in [1.82, 2.24) is 20.0 Å². The van der Waals surface area contributed by atoms with Gasteiger partial charge in [-0.1, -0.05) is 23.2 Å². The molecule has 8 nitrogen and oxygen atoms in total. The Bertz CT molecular complexity index is 847. The highest BCUT2D eigenvalue weighted by Gasteiger charge is 2.30. The van der Waals surface area contributed by atoms with Crippen molar-refractivity contribution in [2.75, 3.05) is 33.3 Å². The number of aryl methyl sites for hydroxylation is 1. The zero-order valence-electron chi connectivity index (χ0n) is 14.2. The van der Waals surface area contributed by atoms with Gasteiger partial charge in [-0.05, 0) is 12.1 Å². The molecule has 1 aromatic carbocycles. The molecule has 1 saturated heterocycles. The fourth-order valence-electron chi connectivity index (χ4n) is 2.72. The van der Waals surface area contributed by atoms with Crippen LogP contribution in [0.25, 0.3) is 0 Å². The summed E-state index contributed by atoms with van der Waals surface area (Å²) in [6, 6.07) is 3.12. The summed E-state index contributed by atoms with van der Waals surface area (Å²) in [5, 5.41) is 7.95. The Labute approximate surface area is 159 Å². The van der Waals surface area contributed by atoms with Gasteiger partial charge in [0.15, 0.2) is 5.75 Å². The quantitative estimate of drug-likeness (QED) is 0.787. The van der Waals surface area contributed by atoms with Gasteiger partial charge in [0.2, 0.25) is 5.89 Å². The number of methoxy groups -OCH3 is 1. The normalized spacial score (nSPS) is 14.5. The standard InChI is InChI=1S/C16H16Cl2N4O4/c1-9-19-20-14(26-9)16(24)22-7-5-21(6-8-22)15(23)12-10(17)3-4-11(18)13(12)25-2/h3-4H,5-8H2,1-2H3. The van der Waals surface area contributed by atoms with Crippen LogP contribution in [0.4, 0.5) is 0 Å². The van der Waals surface area contributed by atoms with E-state index in [4.69, 9.17) is 32.4 Å². The topological polar surface area (TPSA) is 88.8 Å². The minimum atomic E-state index is -0.351. The van der Waals surface area contributed by atoms with Gasteiger partial charge < -0.3 is 19.0 Å². The molecule has 0 atom stereocenters. The molecule has 2 aromatic rings.